The second-order valence-corrected chi connectivity index (χ2v) is 6.94. The summed E-state index contributed by atoms with van der Waals surface area (Å²) in [6.07, 6.45) is 0.997. The Morgan fingerprint density at radius 1 is 1.18 bits per heavy atom. The fraction of sp³-hybridized carbons (Fsp3) is 0.294. The molecule has 1 aromatic heterocycles. The molecule has 0 fully saturated rings. The van der Waals surface area contributed by atoms with Crippen LogP contribution in [0.2, 0.25) is 0 Å². The molecule has 2 aliphatic rings. The monoisotopic (exact) mass is 312 g/mol. The van der Waals surface area contributed by atoms with Gasteiger partial charge < -0.3 is 5.32 Å². The molecule has 4 nitrogen and oxygen atoms in total. The molecule has 1 aromatic carbocycles. The lowest BCUT2D eigenvalue weighted by Crippen LogP contribution is -2.53. The van der Waals surface area contributed by atoms with E-state index >= 15 is 0 Å². The molecular formula is C17H16N2O2S. The van der Waals surface area contributed by atoms with E-state index in [1.807, 2.05) is 0 Å². The third kappa shape index (κ3) is 1.86. The second kappa shape index (κ2) is 4.76. The van der Waals surface area contributed by atoms with E-state index in [4.69, 9.17) is 0 Å². The molecule has 0 saturated heterocycles. The minimum absolute atomic E-state index is 0.188. The number of hydrogen-bond donors (Lipinski definition) is 1. The van der Waals surface area contributed by atoms with Crippen LogP contribution in [0.25, 0.3) is 0 Å². The minimum atomic E-state index is -0.366. The van der Waals surface area contributed by atoms with Crippen molar-refractivity contribution >= 4 is 23.2 Å². The number of carbonyl (C=O) groups is 2. The van der Waals surface area contributed by atoms with Crippen LogP contribution in [-0.4, -0.2) is 29.8 Å². The highest BCUT2D eigenvalue weighted by Crippen LogP contribution is 2.35. The molecule has 112 valence electrons. The van der Waals surface area contributed by atoms with Crippen molar-refractivity contribution in [1.82, 2.24) is 10.2 Å². The molecule has 0 spiro atoms. The first-order valence-corrected chi connectivity index (χ1v) is 8.25. The zero-order valence-electron chi connectivity index (χ0n) is 12.3. The number of hydrogen-bond acceptors (Lipinski definition) is 4. The summed E-state index contributed by atoms with van der Waals surface area (Å²) in [5.41, 5.74) is 1.98. The summed E-state index contributed by atoms with van der Waals surface area (Å²) in [5, 5.41) is 5.58. The number of amides is 2. The van der Waals surface area contributed by atoms with Crippen LogP contribution in [0.3, 0.4) is 0 Å². The average molecular weight is 312 g/mol. The van der Waals surface area contributed by atoms with Crippen LogP contribution >= 0.6 is 11.3 Å². The van der Waals surface area contributed by atoms with Crippen LogP contribution in [0.4, 0.5) is 0 Å². The fourth-order valence-electron chi connectivity index (χ4n) is 3.40. The zero-order valence-corrected chi connectivity index (χ0v) is 13.1. The van der Waals surface area contributed by atoms with E-state index in [1.165, 1.54) is 15.3 Å². The SMILES string of the molecule is CC1(CN2C(=O)c3ccccc3C2=O)NCCc2ccsc21. The van der Waals surface area contributed by atoms with Gasteiger partial charge in [-0.1, -0.05) is 12.1 Å². The Labute approximate surface area is 132 Å². The smallest absolute Gasteiger partial charge is 0.261 e. The van der Waals surface area contributed by atoms with Crippen LogP contribution in [0.5, 0.6) is 0 Å². The van der Waals surface area contributed by atoms with Gasteiger partial charge >= 0.3 is 0 Å². The Morgan fingerprint density at radius 3 is 2.55 bits per heavy atom. The Balaban J connectivity index is 1.69. The minimum Gasteiger partial charge on any atom is -0.305 e. The normalized spacial score (nSPS) is 23.6. The molecule has 1 atom stereocenters. The molecule has 2 aromatic rings. The lowest BCUT2D eigenvalue weighted by molar-refractivity contribution is 0.0603. The molecule has 2 amide bonds. The molecule has 5 heteroatoms. The first-order valence-electron chi connectivity index (χ1n) is 7.37. The second-order valence-electron chi connectivity index (χ2n) is 6.03. The van der Waals surface area contributed by atoms with Gasteiger partial charge in [-0.25, -0.2) is 0 Å². The molecule has 22 heavy (non-hydrogen) atoms. The fourth-order valence-corrected chi connectivity index (χ4v) is 4.48. The maximum atomic E-state index is 12.6. The van der Waals surface area contributed by atoms with Gasteiger partial charge in [-0.15, -0.1) is 11.3 Å². The van der Waals surface area contributed by atoms with Crippen molar-refractivity contribution in [3.05, 3.63) is 57.3 Å². The molecule has 0 aliphatic carbocycles. The number of imide groups is 1. The summed E-state index contributed by atoms with van der Waals surface area (Å²) >= 11 is 1.69. The van der Waals surface area contributed by atoms with Crippen LogP contribution in [-0.2, 0) is 12.0 Å². The standard InChI is InChI=1S/C17H16N2O2S/c1-17(14-11(6-8-18-17)7-9-22-14)10-19-15(20)12-4-2-3-5-13(12)16(19)21/h2-5,7,9,18H,6,8,10H2,1H3. The van der Waals surface area contributed by atoms with Gasteiger partial charge in [0.25, 0.3) is 11.8 Å². The van der Waals surface area contributed by atoms with Crippen molar-refractivity contribution in [3.63, 3.8) is 0 Å². The predicted molar refractivity (Wildman–Crippen MR) is 85.2 cm³/mol. The number of benzene rings is 1. The predicted octanol–water partition coefficient (Wildman–Crippen LogP) is 2.41. The number of fused-ring (bicyclic) bond motifs is 2. The summed E-state index contributed by atoms with van der Waals surface area (Å²) in [5.74, 6) is -0.375. The van der Waals surface area contributed by atoms with Crippen LogP contribution in [0.15, 0.2) is 35.7 Å². The van der Waals surface area contributed by atoms with Gasteiger partial charge in [0.05, 0.1) is 23.2 Å². The number of thiophene rings is 1. The first-order chi connectivity index (χ1) is 10.6. The summed E-state index contributed by atoms with van der Waals surface area (Å²) in [6.45, 7) is 3.31. The lowest BCUT2D eigenvalue weighted by Gasteiger charge is -2.37. The highest BCUT2D eigenvalue weighted by Gasteiger charge is 2.42. The quantitative estimate of drug-likeness (QED) is 0.866. The first kappa shape index (κ1) is 13.7. The summed E-state index contributed by atoms with van der Waals surface area (Å²) in [4.78, 5) is 27.7. The highest BCUT2D eigenvalue weighted by atomic mass is 32.1. The third-order valence-corrected chi connectivity index (χ3v) is 5.73. The lowest BCUT2D eigenvalue weighted by atomic mass is 9.91. The zero-order chi connectivity index (χ0) is 15.3. The Bertz CT molecular complexity index is 747. The Kier molecular flexibility index (Phi) is 2.96. The van der Waals surface area contributed by atoms with Gasteiger partial charge in [0.2, 0.25) is 0 Å². The van der Waals surface area contributed by atoms with E-state index in [1.54, 1.807) is 35.6 Å². The van der Waals surface area contributed by atoms with Crippen LogP contribution in [0, 0.1) is 0 Å². The summed E-state index contributed by atoms with van der Waals surface area (Å²) in [7, 11) is 0. The molecule has 0 radical (unpaired) electrons. The van der Waals surface area contributed by atoms with Crippen molar-refractivity contribution in [2.45, 2.75) is 18.9 Å². The molecule has 0 bridgehead atoms. The van der Waals surface area contributed by atoms with E-state index in [2.05, 4.69) is 23.7 Å². The summed E-state index contributed by atoms with van der Waals surface area (Å²) < 4.78 is 0. The molecule has 1 N–H and O–H groups in total. The average Bonchev–Trinajstić information content (AvgIpc) is 3.09. The molecule has 2 aliphatic heterocycles. The van der Waals surface area contributed by atoms with E-state index in [0.717, 1.165) is 13.0 Å². The maximum Gasteiger partial charge on any atom is 0.261 e. The van der Waals surface area contributed by atoms with Crippen LogP contribution < -0.4 is 5.32 Å². The van der Waals surface area contributed by atoms with Crippen molar-refractivity contribution in [3.8, 4) is 0 Å². The molecule has 4 rings (SSSR count). The van der Waals surface area contributed by atoms with Gasteiger partial charge in [-0.2, -0.15) is 0 Å². The molecule has 3 heterocycles. The number of carbonyl (C=O) groups excluding carboxylic acids is 2. The van der Waals surface area contributed by atoms with E-state index in [-0.39, 0.29) is 17.4 Å². The molecule has 1 unspecified atom stereocenters. The van der Waals surface area contributed by atoms with Gasteiger partial charge in [0.1, 0.15) is 0 Å². The van der Waals surface area contributed by atoms with Crippen molar-refractivity contribution in [2.75, 3.05) is 13.1 Å². The van der Waals surface area contributed by atoms with Crippen molar-refractivity contribution in [2.24, 2.45) is 0 Å². The van der Waals surface area contributed by atoms with Crippen molar-refractivity contribution in [1.29, 1.82) is 0 Å². The van der Waals surface area contributed by atoms with Gasteiger partial charge in [-0.3, -0.25) is 14.5 Å². The van der Waals surface area contributed by atoms with Crippen LogP contribution in [0.1, 0.15) is 38.1 Å². The molecular weight excluding hydrogens is 296 g/mol. The Morgan fingerprint density at radius 2 is 1.86 bits per heavy atom. The van der Waals surface area contributed by atoms with Crippen molar-refractivity contribution < 1.29 is 9.59 Å². The maximum absolute atomic E-state index is 12.6. The van der Waals surface area contributed by atoms with Gasteiger partial charge in [0, 0.05) is 11.4 Å². The number of rotatable bonds is 2. The highest BCUT2D eigenvalue weighted by molar-refractivity contribution is 7.10. The third-order valence-electron chi connectivity index (χ3n) is 4.51. The van der Waals surface area contributed by atoms with E-state index in [0.29, 0.717) is 17.7 Å². The van der Waals surface area contributed by atoms with Gasteiger partial charge in [-0.05, 0) is 42.5 Å². The topological polar surface area (TPSA) is 49.4 Å². The van der Waals surface area contributed by atoms with E-state index in [9.17, 15) is 9.59 Å². The number of nitrogens with zero attached hydrogens (tertiary/aromatic N) is 1. The number of nitrogens with one attached hydrogen (secondary N) is 1. The van der Waals surface area contributed by atoms with Gasteiger partial charge in [0.15, 0.2) is 0 Å². The molecule has 0 saturated carbocycles. The Hall–Kier alpha value is -1.98. The van der Waals surface area contributed by atoms with E-state index < -0.39 is 0 Å². The summed E-state index contributed by atoms with van der Waals surface area (Å²) in [6, 6.07) is 9.18. The largest absolute Gasteiger partial charge is 0.305 e.